The van der Waals surface area contributed by atoms with Gasteiger partial charge in [0.05, 0.1) is 0 Å². The molecule has 2 aromatic rings. The van der Waals surface area contributed by atoms with E-state index in [-0.39, 0.29) is 5.02 Å². The number of rotatable bonds is 2. The molecule has 0 saturated carbocycles. The molecule has 0 heterocycles. The first-order valence-electron chi connectivity index (χ1n) is 4.96. The van der Waals surface area contributed by atoms with Crippen LogP contribution in [-0.2, 0) is 0 Å². The number of hydrogen-bond acceptors (Lipinski definition) is 1. The highest BCUT2D eigenvalue weighted by Gasteiger charge is 2.12. The Morgan fingerprint density at radius 2 is 1.71 bits per heavy atom. The lowest BCUT2D eigenvalue weighted by atomic mass is 10.0. The van der Waals surface area contributed by atoms with Crippen molar-refractivity contribution in [1.82, 2.24) is 0 Å². The Kier molecular flexibility index (Phi) is 3.82. The molecule has 0 aliphatic heterocycles. The molecule has 88 valence electrons. The summed E-state index contributed by atoms with van der Waals surface area (Å²) in [5.74, 6) is -0.455. The zero-order chi connectivity index (χ0) is 12.4. The van der Waals surface area contributed by atoms with E-state index < -0.39 is 11.9 Å². The average molecular weight is 316 g/mol. The van der Waals surface area contributed by atoms with Gasteiger partial charge in [0.25, 0.3) is 0 Å². The third-order valence-corrected chi connectivity index (χ3v) is 3.13. The molecule has 0 unspecified atom stereocenters. The van der Waals surface area contributed by atoms with Gasteiger partial charge in [-0.3, -0.25) is 0 Å². The molecule has 0 aromatic heterocycles. The van der Waals surface area contributed by atoms with E-state index in [2.05, 4.69) is 15.9 Å². The van der Waals surface area contributed by atoms with E-state index in [1.807, 2.05) is 12.1 Å². The van der Waals surface area contributed by atoms with E-state index in [1.54, 1.807) is 18.2 Å². The first-order chi connectivity index (χ1) is 8.06. The maximum absolute atomic E-state index is 13.2. The largest absolute Gasteiger partial charge is 0.384 e. The molecule has 0 saturated heterocycles. The lowest BCUT2D eigenvalue weighted by Gasteiger charge is -2.12. The zero-order valence-corrected chi connectivity index (χ0v) is 11.0. The highest BCUT2D eigenvalue weighted by molar-refractivity contribution is 9.10. The summed E-state index contributed by atoms with van der Waals surface area (Å²) >= 11 is 9.06. The molecule has 1 atom stereocenters. The third-order valence-electron chi connectivity index (χ3n) is 2.39. The van der Waals surface area contributed by atoms with Crippen LogP contribution >= 0.6 is 27.5 Å². The fourth-order valence-corrected chi connectivity index (χ4v) is 2.07. The second-order valence-electron chi connectivity index (χ2n) is 3.66. The van der Waals surface area contributed by atoms with Crippen molar-refractivity contribution in [3.63, 3.8) is 0 Å². The predicted octanol–water partition coefficient (Wildman–Crippen LogP) is 4.32. The second kappa shape index (κ2) is 5.17. The Hall–Kier alpha value is -0.900. The van der Waals surface area contributed by atoms with Crippen LogP contribution in [0.4, 0.5) is 4.39 Å². The van der Waals surface area contributed by atoms with Crippen molar-refractivity contribution in [1.29, 1.82) is 0 Å². The zero-order valence-electron chi connectivity index (χ0n) is 8.70. The lowest BCUT2D eigenvalue weighted by molar-refractivity contribution is 0.220. The van der Waals surface area contributed by atoms with Gasteiger partial charge in [-0.2, -0.15) is 0 Å². The Morgan fingerprint density at radius 1 is 1.06 bits per heavy atom. The number of benzene rings is 2. The third kappa shape index (κ3) is 3.06. The summed E-state index contributed by atoms with van der Waals surface area (Å²) in [4.78, 5) is 0. The van der Waals surface area contributed by atoms with Crippen LogP contribution in [0.5, 0.6) is 0 Å². The van der Waals surface area contributed by atoms with Gasteiger partial charge in [-0.1, -0.05) is 39.7 Å². The van der Waals surface area contributed by atoms with Crippen molar-refractivity contribution in [3.05, 3.63) is 68.9 Å². The first kappa shape index (κ1) is 12.6. The number of halogens is 3. The summed E-state index contributed by atoms with van der Waals surface area (Å²) in [5.41, 5.74) is 1.13. The van der Waals surface area contributed by atoms with Crippen LogP contribution in [0.2, 0.25) is 5.02 Å². The molecule has 0 aliphatic carbocycles. The summed E-state index contributed by atoms with van der Waals surface area (Å²) in [6.07, 6.45) is -0.878. The molecule has 17 heavy (non-hydrogen) atoms. The predicted molar refractivity (Wildman–Crippen MR) is 69.6 cm³/mol. The van der Waals surface area contributed by atoms with E-state index in [4.69, 9.17) is 11.6 Å². The van der Waals surface area contributed by atoms with Crippen LogP contribution in [0.3, 0.4) is 0 Å². The standard InChI is InChI=1S/C13H9BrClFO/c14-10-3-1-8(2-4-10)13(17)9-5-11(15)7-12(16)6-9/h1-7,13,17H/t13-/m0/s1. The van der Waals surface area contributed by atoms with Crippen molar-refractivity contribution in [2.24, 2.45) is 0 Å². The second-order valence-corrected chi connectivity index (χ2v) is 5.01. The van der Waals surface area contributed by atoms with Gasteiger partial charge in [0, 0.05) is 9.50 Å². The summed E-state index contributed by atoms with van der Waals surface area (Å²) in [6.45, 7) is 0. The molecule has 0 fully saturated rings. The van der Waals surface area contributed by atoms with E-state index in [9.17, 15) is 9.50 Å². The number of aliphatic hydroxyl groups is 1. The van der Waals surface area contributed by atoms with Crippen molar-refractivity contribution in [2.45, 2.75) is 6.10 Å². The minimum absolute atomic E-state index is 0.274. The molecule has 1 N–H and O–H groups in total. The minimum Gasteiger partial charge on any atom is -0.384 e. The Morgan fingerprint density at radius 3 is 2.29 bits per heavy atom. The molecular weight excluding hydrogens is 306 g/mol. The summed E-state index contributed by atoms with van der Waals surface area (Å²) in [7, 11) is 0. The summed E-state index contributed by atoms with van der Waals surface area (Å²) < 4.78 is 14.1. The molecular formula is C13H9BrClFO. The Bertz CT molecular complexity index is 507. The van der Waals surface area contributed by atoms with Gasteiger partial charge in [-0.05, 0) is 41.5 Å². The maximum atomic E-state index is 13.2. The number of hydrogen-bond donors (Lipinski definition) is 1. The summed E-state index contributed by atoms with van der Waals surface area (Å²) in [6, 6.07) is 11.2. The minimum atomic E-state index is -0.878. The molecule has 4 heteroatoms. The average Bonchev–Trinajstić information content (AvgIpc) is 2.28. The molecule has 2 rings (SSSR count). The molecule has 0 amide bonds. The van der Waals surface area contributed by atoms with Gasteiger partial charge in [-0.15, -0.1) is 0 Å². The van der Waals surface area contributed by atoms with Crippen LogP contribution in [0.1, 0.15) is 17.2 Å². The van der Waals surface area contributed by atoms with Gasteiger partial charge in [0.1, 0.15) is 11.9 Å². The van der Waals surface area contributed by atoms with Crippen LogP contribution in [0.15, 0.2) is 46.9 Å². The molecule has 0 radical (unpaired) electrons. The lowest BCUT2D eigenvalue weighted by Crippen LogP contribution is -2.00. The Balaban J connectivity index is 2.36. The highest BCUT2D eigenvalue weighted by Crippen LogP contribution is 2.26. The van der Waals surface area contributed by atoms with Gasteiger partial charge in [-0.25, -0.2) is 4.39 Å². The van der Waals surface area contributed by atoms with Gasteiger partial charge in [0.15, 0.2) is 0 Å². The van der Waals surface area contributed by atoms with Gasteiger partial charge >= 0.3 is 0 Å². The van der Waals surface area contributed by atoms with Crippen LogP contribution < -0.4 is 0 Å². The van der Waals surface area contributed by atoms with Crippen molar-refractivity contribution >= 4 is 27.5 Å². The highest BCUT2D eigenvalue weighted by atomic mass is 79.9. The topological polar surface area (TPSA) is 20.2 Å². The quantitative estimate of drug-likeness (QED) is 0.875. The van der Waals surface area contributed by atoms with Crippen LogP contribution in [0, 0.1) is 5.82 Å². The van der Waals surface area contributed by atoms with E-state index in [0.717, 1.165) is 4.47 Å². The molecule has 0 spiro atoms. The maximum Gasteiger partial charge on any atom is 0.125 e. The monoisotopic (exact) mass is 314 g/mol. The van der Waals surface area contributed by atoms with Gasteiger partial charge in [0.2, 0.25) is 0 Å². The van der Waals surface area contributed by atoms with E-state index >= 15 is 0 Å². The van der Waals surface area contributed by atoms with Crippen molar-refractivity contribution in [2.75, 3.05) is 0 Å². The normalized spacial score (nSPS) is 12.5. The number of aliphatic hydroxyl groups excluding tert-OH is 1. The molecule has 0 aliphatic rings. The smallest absolute Gasteiger partial charge is 0.125 e. The first-order valence-corrected chi connectivity index (χ1v) is 6.13. The van der Waals surface area contributed by atoms with Crippen molar-refractivity contribution < 1.29 is 9.50 Å². The fourth-order valence-electron chi connectivity index (χ4n) is 1.57. The van der Waals surface area contributed by atoms with Gasteiger partial charge < -0.3 is 5.11 Å². The SMILES string of the molecule is O[C@@H](c1ccc(Br)cc1)c1cc(F)cc(Cl)c1. The van der Waals surface area contributed by atoms with Crippen LogP contribution in [0.25, 0.3) is 0 Å². The van der Waals surface area contributed by atoms with Crippen molar-refractivity contribution in [3.8, 4) is 0 Å². The van der Waals surface area contributed by atoms with E-state index in [1.165, 1.54) is 12.1 Å². The van der Waals surface area contributed by atoms with Crippen LogP contribution in [-0.4, -0.2) is 5.11 Å². The summed E-state index contributed by atoms with van der Waals surface area (Å²) in [5, 5.41) is 10.4. The Labute approximate surface area is 112 Å². The molecule has 1 nitrogen and oxygen atoms in total. The fraction of sp³-hybridized carbons (Fsp3) is 0.0769. The van der Waals surface area contributed by atoms with E-state index in [0.29, 0.717) is 11.1 Å². The molecule has 0 bridgehead atoms. The molecule has 2 aromatic carbocycles.